The predicted octanol–water partition coefficient (Wildman–Crippen LogP) is 1.56. The van der Waals surface area contributed by atoms with E-state index in [0.717, 1.165) is 6.26 Å². The average Bonchev–Trinajstić information content (AvgIpc) is 2.35. The van der Waals surface area contributed by atoms with Crippen LogP contribution in [-0.4, -0.2) is 41.5 Å². The van der Waals surface area contributed by atoms with E-state index < -0.39 is 24.6 Å². The van der Waals surface area contributed by atoms with Crippen LogP contribution in [0.15, 0.2) is 27.6 Å². The first-order valence-electron chi connectivity index (χ1n) is 5.93. The molecule has 0 aliphatic carbocycles. The number of rotatable bonds is 6. The van der Waals surface area contributed by atoms with Gasteiger partial charge in [0.25, 0.3) is 0 Å². The third-order valence-corrected chi connectivity index (χ3v) is 7.30. The van der Waals surface area contributed by atoms with E-state index >= 15 is 0 Å². The number of sulfonamides is 1. The molecular weight excluding hydrogens is 382 g/mol. The molecule has 0 fully saturated rings. The van der Waals surface area contributed by atoms with Gasteiger partial charge in [0.05, 0.1) is 21.2 Å². The maximum absolute atomic E-state index is 12.2. The van der Waals surface area contributed by atoms with Gasteiger partial charge in [0.2, 0.25) is 10.0 Å². The normalized spacial score (nSPS) is 13.2. The number of nitrogens with one attached hydrogen (secondary N) is 1. The van der Waals surface area contributed by atoms with Crippen LogP contribution in [0.5, 0.6) is 5.75 Å². The molecule has 9 heteroatoms. The lowest BCUT2D eigenvalue weighted by atomic mass is 10.2. The van der Waals surface area contributed by atoms with Gasteiger partial charge in [0.15, 0.2) is 9.84 Å². The van der Waals surface area contributed by atoms with Gasteiger partial charge in [0, 0.05) is 12.8 Å². The molecule has 0 unspecified atom stereocenters. The number of hydrogen-bond acceptors (Lipinski definition) is 5. The minimum Gasteiger partial charge on any atom is -0.496 e. The van der Waals surface area contributed by atoms with Gasteiger partial charge in [-0.2, -0.15) is 0 Å². The third kappa shape index (κ3) is 4.41. The molecule has 0 saturated heterocycles. The molecule has 0 amide bonds. The molecule has 1 rings (SSSR count). The van der Waals surface area contributed by atoms with E-state index in [4.69, 9.17) is 4.74 Å². The Morgan fingerprint density at radius 1 is 1.24 bits per heavy atom. The van der Waals surface area contributed by atoms with E-state index in [1.165, 1.54) is 39.2 Å². The Hall–Kier alpha value is -0.640. The Labute approximate surface area is 134 Å². The summed E-state index contributed by atoms with van der Waals surface area (Å²) in [4.78, 5) is 0.0273. The number of methoxy groups -OCH3 is 1. The zero-order chi connectivity index (χ0) is 16.5. The van der Waals surface area contributed by atoms with Gasteiger partial charge < -0.3 is 4.74 Å². The second-order valence-corrected chi connectivity index (χ2v) is 10.4. The molecule has 6 nitrogen and oxygen atoms in total. The molecule has 0 bridgehead atoms. The van der Waals surface area contributed by atoms with Crippen LogP contribution in [0.2, 0.25) is 0 Å². The molecule has 0 saturated carbocycles. The number of hydrogen-bond donors (Lipinski definition) is 1. The molecule has 1 aromatic rings. The quantitative estimate of drug-likeness (QED) is 0.783. The molecule has 1 N–H and O–H groups in total. The number of ether oxygens (including phenoxy) is 1. The summed E-state index contributed by atoms with van der Waals surface area (Å²) < 4.78 is 54.2. The highest BCUT2D eigenvalue weighted by Gasteiger charge is 2.32. The first kappa shape index (κ1) is 18.4. The van der Waals surface area contributed by atoms with Crippen LogP contribution in [0.1, 0.15) is 13.8 Å². The number of benzene rings is 1. The summed E-state index contributed by atoms with van der Waals surface area (Å²) in [5.74, 6) is 0.505. The summed E-state index contributed by atoms with van der Waals surface area (Å²) in [6, 6.07) is 4.30. The molecule has 0 spiro atoms. The minimum atomic E-state index is -3.80. The van der Waals surface area contributed by atoms with Crippen molar-refractivity contribution in [3.63, 3.8) is 0 Å². The summed E-state index contributed by atoms with van der Waals surface area (Å²) in [5.41, 5.74) is 0. The second kappa shape index (κ2) is 6.23. The average molecular weight is 400 g/mol. The lowest BCUT2D eigenvalue weighted by Gasteiger charge is -2.22. The van der Waals surface area contributed by atoms with Crippen molar-refractivity contribution in [2.45, 2.75) is 23.5 Å². The molecule has 0 heterocycles. The molecule has 0 aliphatic rings. The van der Waals surface area contributed by atoms with Crippen LogP contribution in [0.3, 0.4) is 0 Å². The maximum Gasteiger partial charge on any atom is 0.240 e. The van der Waals surface area contributed by atoms with E-state index in [1.54, 1.807) is 0 Å². The van der Waals surface area contributed by atoms with Crippen LogP contribution in [-0.2, 0) is 19.9 Å². The maximum atomic E-state index is 12.2. The SMILES string of the molecule is COc1ccc(S(=O)(=O)NCC(C)(C)S(C)(=O)=O)cc1Br. The van der Waals surface area contributed by atoms with Crippen LogP contribution < -0.4 is 9.46 Å². The zero-order valence-electron chi connectivity index (χ0n) is 12.2. The van der Waals surface area contributed by atoms with Crippen molar-refractivity contribution in [2.24, 2.45) is 0 Å². The van der Waals surface area contributed by atoms with Crippen molar-refractivity contribution in [2.75, 3.05) is 19.9 Å². The molecule has 0 aromatic heterocycles. The number of sulfone groups is 1. The van der Waals surface area contributed by atoms with Crippen molar-refractivity contribution < 1.29 is 21.6 Å². The molecule has 120 valence electrons. The van der Waals surface area contributed by atoms with E-state index in [2.05, 4.69) is 20.7 Å². The summed E-state index contributed by atoms with van der Waals surface area (Å²) >= 11 is 3.21. The molecular formula is C12H18BrNO5S2. The highest BCUT2D eigenvalue weighted by molar-refractivity contribution is 9.10. The monoisotopic (exact) mass is 399 g/mol. The van der Waals surface area contributed by atoms with Gasteiger partial charge in [-0.3, -0.25) is 0 Å². The van der Waals surface area contributed by atoms with Crippen molar-refractivity contribution in [1.82, 2.24) is 4.72 Å². The zero-order valence-corrected chi connectivity index (χ0v) is 15.4. The van der Waals surface area contributed by atoms with Gasteiger partial charge >= 0.3 is 0 Å². The summed E-state index contributed by atoms with van der Waals surface area (Å²) in [5, 5.41) is 0. The van der Waals surface area contributed by atoms with Crippen molar-refractivity contribution in [3.05, 3.63) is 22.7 Å². The standard InChI is InChI=1S/C12H18BrNO5S2/c1-12(2,20(4,15)16)8-14-21(17,18)9-5-6-11(19-3)10(13)7-9/h5-7,14H,8H2,1-4H3. The Morgan fingerprint density at radius 2 is 1.81 bits per heavy atom. The van der Waals surface area contributed by atoms with E-state index in [-0.39, 0.29) is 11.4 Å². The van der Waals surface area contributed by atoms with Crippen molar-refractivity contribution >= 4 is 35.8 Å². The lowest BCUT2D eigenvalue weighted by molar-refractivity contribution is 0.411. The molecule has 1 aromatic carbocycles. The van der Waals surface area contributed by atoms with E-state index in [0.29, 0.717) is 10.2 Å². The van der Waals surface area contributed by atoms with Crippen LogP contribution in [0, 0.1) is 0 Å². The van der Waals surface area contributed by atoms with E-state index in [1.807, 2.05) is 0 Å². The minimum absolute atomic E-state index is 0.0273. The number of halogens is 1. The van der Waals surface area contributed by atoms with Gasteiger partial charge in [-0.05, 0) is 48.0 Å². The Bertz CT molecular complexity index is 726. The van der Waals surface area contributed by atoms with Crippen molar-refractivity contribution in [3.8, 4) is 5.75 Å². The first-order chi connectivity index (χ1) is 9.40. The largest absolute Gasteiger partial charge is 0.496 e. The molecule has 21 heavy (non-hydrogen) atoms. The Balaban J connectivity index is 3.01. The Morgan fingerprint density at radius 3 is 2.24 bits per heavy atom. The third-order valence-electron chi connectivity index (χ3n) is 3.13. The second-order valence-electron chi connectivity index (χ2n) is 5.15. The van der Waals surface area contributed by atoms with Gasteiger partial charge in [-0.1, -0.05) is 0 Å². The van der Waals surface area contributed by atoms with Gasteiger partial charge in [0.1, 0.15) is 5.75 Å². The summed E-state index contributed by atoms with van der Waals surface area (Å²) in [6.07, 6.45) is 1.07. The highest BCUT2D eigenvalue weighted by atomic mass is 79.9. The molecule has 0 atom stereocenters. The van der Waals surface area contributed by atoms with Crippen LogP contribution >= 0.6 is 15.9 Å². The first-order valence-corrected chi connectivity index (χ1v) is 10.1. The topological polar surface area (TPSA) is 89.5 Å². The predicted molar refractivity (Wildman–Crippen MR) is 84.8 cm³/mol. The van der Waals surface area contributed by atoms with Crippen LogP contribution in [0.4, 0.5) is 0 Å². The Kier molecular flexibility index (Phi) is 5.46. The van der Waals surface area contributed by atoms with Crippen LogP contribution in [0.25, 0.3) is 0 Å². The molecule has 0 aliphatic heterocycles. The fourth-order valence-corrected chi connectivity index (χ4v) is 3.65. The summed E-state index contributed by atoms with van der Waals surface area (Å²) in [7, 11) is -5.71. The van der Waals surface area contributed by atoms with E-state index in [9.17, 15) is 16.8 Å². The van der Waals surface area contributed by atoms with Gasteiger partial charge in [-0.25, -0.2) is 21.6 Å². The van der Waals surface area contributed by atoms with Crippen molar-refractivity contribution in [1.29, 1.82) is 0 Å². The molecule has 0 radical (unpaired) electrons. The summed E-state index contributed by atoms with van der Waals surface area (Å²) in [6.45, 7) is 2.72. The fourth-order valence-electron chi connectivity index (χ4n) is 1.30. The highest BCUT2D eigenvalue weighted by Crippen LogP contribution is 2.27. The smallest absolute Gasteiger partial charge is 0.240 e. The lowest BCUT2D eigenvalue weighted by Crippen LogP contribution is -2.43. The van der Waals surface area contributed by atoms with Gasteiger partial charge in [-0.15, -0.1) is 0 Å². The fraction of sp³-hybridized carbons (Fsp3) is 0.500.